The van der Waals surface area contributed by atoms with Crippen LogP contribution in [0.15, 0.2) is 72.4 Å². The van der Waals surface area contributed by atoms with Crippen LogP contribution in [-0.4, -0.2) is 0 Å². The van der Waals surface area contributed by atoms with Crippen LogP contribution in [-0.2, 0) is 0 Å². The molecule has 0 bridgehead atoms. The summed E-state index contributed by atoms with van der Waals surface area (Å²) < 4.78 is 0. The minimum absolute atomic E-state index is 1.01. The van der Waals surface area contributed by atoms with Crippen LogP contribution in [0.25, 0.3) is 0 Å². The van der Waals surface area contributed by atoms with Gasteiger partial charge in [0.15, 0.2) is 0 Å². The molecule has 0 saturated heterocycles. The fourth-order valence-corrected chi connectivity index (χ4v) is 1.23. The molecule has 0 aliphatic carbocycles. The van der Waals surface area contributed by atoms with E-state index >= 15 is 0 Å². The summed E-state index contributed by atoms with van der Waals surface area (Å²) in [6.45, 7) is 13.8. The van der Waals surface area contributed by atoms with Crippen LogP contribution in [0.4, 0.5) is 0 Å². The van der Waals surface area contributed by atoms with Gasteiger partial charge >= 0.3 is 0 Å². The molecule has 0 heteroatoms. The second-order valence-electron chi connectivity index (χ2n) is 3.50. The molecule has 0 rings (SSSR count). The molecule has 0 aromatic rings. The molecule has 0 spiro atoms. The Morgan fingerprint density at radius 1 is 1.12 bits per heavy atom. The monoisotopic (exact) mass is 214 g/mol. The molecule has 0 nitrogen and oxygen atoms in total. The van der Waals surface area contributed by atoms with Crippen molar-refractivity contribution in [1.29, 1.82) is 0 Å². The lowest BCUT2D eigenvalue weighted by atomic mass is 10.0. The molecule has 0 atom stereocenters. The van der Waals surface area contributed by atoms with E-state index in [4.69, 9.17) is 0 Å². The summed E-state index contributed by atoms with van der Waals surface area (Å²) in [5.41, 5.74) is 3.56. The van der Waals surface area contributed by atoms with E-state index in [1.165, 1.54) is 11.1 Å². The minimum Gasteiger partial charge on any atom is -0.0990 e. The topological polar surface area (TPSA) is 0 Å². The van der Waals surface area contributed by atoms with E-state index in [1.807, 2.05) is 19.1 Å². The summed E-state index contributed by atoms with van der Waals surface area (Å²) in [7, 11) is 0. The molecule has 0 N–H and O–H groups in total. The summed E-state index contributed by atoms with van der Waals surface area (Å²) >= 11 is 0. The quantitative estimate of drug-likeness (QED) is 0.537. The second kappa shape index (κ2) is 8.72. The van der Waals surface area contributed by atoms with E-state index in [0.717, 1.165) is 12.0 Å². The predicted molar refractivity (Wildman–Crippen MR) is 75.4 cm³/mol. The lowest BCUT2D eigenvalue weighted by Crippen LogP contribution is -1.83. The van der Waals surface area contributed by atoms with Crippen molar-refractivity contribution < 1.29 is 0 Å². The van der Waals surface area contributed by atoms with Crippen LogP contribution in [0, 0.1) is 0 Å². The molecule has 86 valence electrons. The Morgan fingerprint density at radius 2 is 1.81 bits per heavy atom. The van der Waals surface area contributed by atoms with Gasteiger partial charge in [-0.05, 0) is 31.4 Å². The van der Waals surface area contributed by atoms with Gasteiger partial charge in [0.1, 0.15) is 0 Å². The van der Waals surface area contributed by atoms with Crippen molar-refractivity contribution in [2.45, 2.75) is 27.2 Å². The maximum atomic E-state index is 3.82. The number of allylic oxidation sites excluding steroid dienone is 10. The van der Waals surface area contributed by atoms with Gasteiger partial charge in [-0.2, -0.15) is 0 Å². The standard InChI is InChI=1S/C16H22/c1-6-10-15(9-4)16(11-7-2)13-12-14(5)8-3/h6,8-13H,1,4,7H2,2-3,5H3/b13-12-,14-8-,15-10+,16-11+. The Labute approximate surface area is 100 Å². The normalized spacial score (nSPS) is 14.3. The van der Waals surface area contributed by atoms with Gasteiger partial charge in [-0.3, -0.25) is 0 Å². The summed E-state index contributed by atoms with van der Waals surface area (Å²) in [6, 6.07) is 0. The van der Waals surface area contributed by atoms with Gasteiger partial charge in [0.05, 0.1) is 0 Å². The summed E-state index contributed by atoms with van der Waals surface area (Å²) in [5.74, 6) is 0. The van der Waals surface area contributed by atoms with Gasteiger partial charge < -0.3 is 0 Å². The predicted octanol–water partition coefficient (Wildman–Crippen LogP) is 5.14. The third-order valence-electron chi connectivity index (χ3n) is 2.26. The number of hydrogen-bond acceptors (Lipinski definition) is 0. The minimum atomic E-state index is 1.01. The highest BCUT2D eigenvalue weighted by Gasteiger charge is 1.95. The Bertz CT molecular complexity index is 346. The van der Waals surface area contributed by atoms with Gasteiger partial charge in [0, 0.05) is 0 Å². The van der Waals surface area contributed by atoms with E-state index < -0.39 is 0 Å². The third kappa shape index (κ3) is 5.35. The van der Waals surface area contributed by atoms with Gasteiger partial charge in [0.25, 0.3) is 0 Å². The molecule has 0 radical (unpaired) electrons. The first-order valence-corrected chi connectivity index (χ1v) is 5.66. The van der Waals surface area contributed by atoms with Crippen molar-refractivity contribution in [1.82, 2.24) is 0 Å². The van der Waals surface area contributed by atoms with Gasteiger partial charge in [-0.15, -0.1) is 0 Å². The molecule has 0 heterocycles. The lowest BCUT2D eigenvalue weighted by molar-refractivity contribution is 1.20. The molecule has 0 aliphatic rings. The zero-order valence-electron chi connectivity index (χ0n) is 10.7. The van der Waals surface area contributed by atoms with Crippen LogP contribution in [0.2, 0.25) is 0 Å². The average molecular weight is 214 g/mol. The molecule has 0 fully saturated rings. The Morgan fingerprint density at radius 3 is 2.25 bits per heavy atom. The molecule has 0 saturated carbocycles. The molecule has 16 heavy (non-hydrogen) atoms. The van der Waals surface area contributed by atoms with Crippen LogP contribution in [0.5, 0.6) is 0 Å². The molecule has 0 aromatic heterocycles. The Balaban J connectivity index is 5.10. The lowest BCUT2D eigenvalue weighted by Gasteiger charge is -2.02. The maximum Gasteiger partial charge on any atom is -0.0193 e. The largest absolute Gasteiger partial charge is 0.0990 e. The first kappa shape index (κ1) is 14.4. The van der Waals surface area contributed by atoms with Crippen LogP contribution >= 0.6 is 0 Å². The second-order valence-corrected chi connectivity index (χ2v) is 3.50. The van der Waals surface area contributed by atoms with Gasteiger partial charge in [-0.1, -0.05) is 68.2 Å². The van der Waals surface area contributed by atoms with E-state index in [-0.39, 0.29) is 0 Å². The zero-order valence-corrected chi connectivity index (χ0v) is 10.7. The van der Waals surface area contributed by atoms with E-state index in [1.54, 1.807) is 6.08 Å². The van der Waals surface area contributed by atoms with Gasteiger partial charge in [-0.25, -0.2) is 0 Å². The Hall–Kier alpha value is -1.56. The first-order valence-electron chi connectivity index (χ1n) is 5.66. The van der Waals surface area contributed by atoms with Crippen molar-refractivity contribution in [3.63, 3.8) is 0 Å². The van der Waals surface area contributed by atoms with Crippen molar-refractivity contribution in [3.05, 3.63) is 72.4 Å². The van der Waals surface area contributed by atoms with Crippen molar-refractivity contribution >= 4 is 0 Å². The first-order chi connectivity index (χ1) is 7.69. The van der Waals surface area contributed by atoms with Gasteiger partial charge in [0.2, 0.25) is 0 Å². The molecule has 0 aliphatic heterocycles. The highest BCUT2D eigenvalue weighted by Crippen LogP contribution is 2.15. The fraction of sp³-hybridized carbons (Fsp3) is 0.250. The van der Waals surface area contributed by atoms with Crippen molar-refractivity contribution in [2.24, 2.45) is 0 Å². The van der Waals surface area contributed by atoms with E-state index in [9.17, 15) is 0 Å². The third-order valence-corrected chi connectivity index (χ3v) is 2.26. The summed E-state index contributed by atoms with van der Waals surface area (Å²) in [6.07, 6.45) is 15.1. The van der Waals surface area contributed by atoms with Crippen molar-refractivity contribution in [2.75, 3.05) is 0 Å². The molecule has 0 aromatic carbocycles. The SMILES string of the molecule is C=C/C=C(C=C)/C(/C=C\C(C)=C/C)=C/CC. The molecular formula is C16H22. The van der Waals surface area contributed by atoms with Crippen LogP contribution in [0.3, 0.4) is 0 Å². The Kier molecular flexibility index (Phi) is 7.87. The molecule has 0 unspecified atom stereocenters. The molecule has 0 amide bonds. The highest BCUT2D eigenvalue weighted by molar-refractivity contribution is 5.48. The van der Waals surface area contributed by atoms with Crippen molar-refractivity contribution in [3.8, 4) is 0 Å². The number of rotatable bonds is 6. The smallest absolute Gasteiger partial charge is 0.0193 e. The fourth-order valence-electron chi connectivity index (χ4n) is 1.23. The van der Waals surface area contributed by atoms with Crippen LogP contribution < -0.4 is 0 Å². The van der Waals surface area contributed by atoms with Crippen LogP contribution in [0.1, 0.15) is 27.2 Å². The summed E-state index contributed by atoms with van der Waals surface area (Å²) in [4.78, 5) is 0. The highest BCUT2D eigenvalue weighted by atomic mass is 14.0. The van der Waals surface area contributed by atoms with E-state index in [2.05, 4.69) is 51.3 Å². The number of hydrogen-bond donors (Lipinski definition) is 0. The van der Waals surface area contributed by atoms with E-state index in [0.29, 0.717) is 0 Å². The molecular weight excluding hydrogens is 192 g/mol. The zero-order chi connectivity index (χ0) is 12.4. The maximum absolute atomic E-state index is 3.82. The average Bonchev–Trinajstić information content (AvgIpc) is 2.31. The summed E-state index contributed by atoms with van der Waals surface area (Å²) in [5, 5.41) is 0.